The van der Waals surface area contributed by atoms with E-state index in [0.717, 1.165) is 6.07 Å². The summed E-state index contributed by atoms with van der Waals surface area (Å²) in [5.41, 5.74) is 4.51. The van der Waals surface area contributed by atoms with Gasteiger partial charge in [0.2, 0.25) is 5.82 Å². The molecule has 0 bridgehead atoms. The van der Waals surface area contributed by atoms with E-state index in [4.69, 9.17) is 10.5 Å². The maximum atomic E-state index is 13.2. The minimum Gasteiger partial charge on any atom is -0.490 e. The Bertz CT molecular complexity index is 383. The molecule has 0 saturated carbocycles. The number of nitrogens with two attached hydrogens (primary N) is 1. The molecular formula is C13H19F2NO2. The second-order valence-corrected chi connectivity index (χ2v) is 4.56. The molecule has 0 fully saturated rings. The molecule has 0 spiro atoms. The molecule has 1 atom stereocenters. The fraction of sp³-hybridized carbons (Fsp3) is 0.538. The highest BCUT2D eigenvalue weighted by molar-refractivity contribution is 5.24. The summed E-state index contributed by atoms with van der Waals surface area (Å²) in [6.07, 6.45) is 1.91. The van der Waals surface area contributed by atoms with Crippen molar-refractivity contribution in [2.24, 2.45) is 5.73 Å². The topological polar surface area (TPSA) is 55.5 Å². The van der Waals surface area contributed by atoms with Crippen molar-refractivity contribution in [1.29, 1.82) is 0 Å². The molecule has 3 nitrogen and oxygen atoms in total. The number of halogens is 2. The molecule has 5 heteroatoms. The zero-order valence-corrected chi connectivity index (χ0v) is 10.5. The van der Waals surface area contributed by atoms with Gasteiger partial charge in [0.25, 0.3) is 0 Å². The van der Waals surface area contributed by atoms with E-state index in [9.17, 15) is 13.9 Å². The SMILES string of the molecule is CC(O)(CN)CCCCOc1cccc(F)c1F. The van der Waals surface area contributed by atoms with Crippen molar-refractivity contribution < 1.29 is 18.6 Å². The first-order chi connectivity index (χ1) is 8.46. The van der Waals surface area contributed by atoms with Crippen LogP contribution in [0.5, 0.6) is 5.75 Å². The normalized spacial score (nSPS) is 14.3. The second-order valence-electron chi connectivity index (χ2n) is 4.56. The van der Waals surface area contributed by atoms with Crippen molar-refractivity contribution in [2.75, 3.05) is 13.2 Å². The van der Waals surface area contributed by atoms with Gasteiger partial charge in [-0.15, -0.1) is 0 Å². The third-order valence-corrected chi connectivity index (χ3v) is 2.72. The summed E-state index contributed by atoms with van der Waals surface area (Å²) >= 11 is 0. The van der Waals surface area contributed by atoms with Crippen molar-refractivity contribution in [1.82, 2.24) is 0 Å². The number of ether oxygens (including phenoxy) is 1. The number of aliphatic hydroxyl groups is 1. The highest BCUT2D eigenvalue weighted by Gasteiger charge is 2.16. The molecule has 1 unspecified atom stereocenters. The third-order valence-electron chi connectivity index (χ3n) is 2.72. The van der Waals surface area contributed by atoms with Crippen LogP contribution in [0.3, 0.4) is 0 Å². The first-order valence-corrected chi connectivity index (χ1v) is 5.95. The Kier molecular flexibility index (Phi) is 5.50. The van der Waals surface area contributed by atoms with Gasteiger partial charge in [0.05, 0.1) is 12.2 Å². The van der Waals surface area contributed by atoms with E-state index >= 15 is 0 Å². The van der Waals surface area contributed by atoms with Gasteiger partial charge in [0.15, 0.2) is 11.6 Å². The quantitative estimate of drug-likeness (QED) is 0.738. The Labute approximate surface area is 106 Å². The van der Waals surface area contributed by atoms with E-state index in [-0.39, 0.29) is 18.9 Å². The number of hydrogen-bond acceptors (Lipinski definition) is 3. The van der Waals surface area contributed by atoms with Crippen LogP contribution in [0, 0.1) is 11.6 Å². The smallest absolute Gasteiger partial charge is 0.200 e. The van der Waals surface area contributed by atoms with Crippen LogP contribution in [-0.2, 0) is 0 Å². The van der Waals surface area contributed by atoms with E-state index in [0.29, 0.717) is 19.3 Å². The van der Waals surface area contributed by atoms with Gasteiger partial charge in [-0.1, -0.05) is 6.07 Å². The molecule has 18 heavy (non-hydrogen) atoms. The number of unbranched alkanes of at least 4 members (excludes halogenated alkanes) is 1. The van der Waals surface area contributed by atoms with Gasteiger partial charge in [0, 0.05) is 6.54 Å². The molecule has 0 aromatic heterocycles. The van der Waals surface area contributed by atoms with Gasteiger partial charge in [-0.2, -0.15) is 4.39 Å². The molecule has 3 N–H and O–H groups in total. The summed E-state index contributed by atoms with van der Waals surface area (Å²) in [5, 5.41) is 9.64. The summed E-state index contributed by atoms with van der Waals surface area (Å²) in [4.78, 5) is 0. The first kappa shape index (κ1) is 14.9. The van der Waals surface area contributed by atoms with Gasteiger partial charge in [-0.3, -0.25) is 0 Å². The summed E-state index contributed by atoms with van der Waals surface area (Å²) in [5.74, 6) is -1.97. The van der Waals surface area contributed by atoms with Crippen molar-refractivity contribution in [3.8, 4) is 5.75 Å². The van der Waals surface area contributed by atoms with Crippen LogP contribution in [0.1, 0.15) is 26.2 Å². The number of hydrogen-bond donors (Lipinski definition) is 2. The Morgan fingerprint density at radius 2 is 2.06 bits per heavy atom. The van der Waals surface area contributed by atoms with E-state index in [1.165, 1.54) is 12.1 Å². The lowest BCUT2D eigenvalue weighted by atomic mass is 10.00. The van der Waals surface area contributed by atoms with Gasteiger partial charge < -0.3 is 15.6 Å². The molecule has 0 radical (unpaired) electrons. The molecule has 0 heterocycles. The van der Waals surface area contributed by atoms with Crippen molar-refractivity contribution in [2.45, 2.75) is 31.8 Å². The molecular weight excluding hydrogens is 240 g/mol. The predicted molar refractivity (Wildman–Crippen MR) is 65.4 cm³/mol. The van der Waals surface area contributed by atoms with Crippen LogP contribution in [0.2, 0.25) is 0 Å². The molecule has 1 aromatic rings. The highest BCUT2D eigenvalue weighted by Crippen LogP contribution is 2.19. The number of rotatable bonds is 7. The average Bonchev–Trinajstić information content (AvgIpc) is 2.34. The van der Waals surface area contributed by atoms with Crippen LogP contribution in [-0.4, -0.2) is 23.9 Å². The Hall–Kier alpha value is -1.20. The fourth-order valence-corrected chi connectivity index (χ4v) is 1.49. The molecule has 102 valence electrons. The molecule has 0 amide bonds. The Morgan fingerprint density at radius 3 is 2.72 bits per heavy atom. The second kappa shape index (κ2) is 6.66. The lowest BCUT2D eigenvalue weighted by molar-refractivity contribution is 0.0561. The minimum absolute atomic E-state index is 0.0828. The lowest BCUT2D eigenvalue weighted by Gasteiger charge is -2.20. The van der Waals surface area contributed by atoms with Crippen molar-refractivity contribution in [3.63, 3.8) is 0 Å². The zero-order chi connectivity index (χ0) is 13.6. The van der Waals surface area contributed by atoms with Gasteiger partial charge >= 0.3 is 0 Å². The first-order valence-electron chi connectivity index (χ1n) is 5.95. The van der Waals surface area contributed by atoms with Gasteiger partial charge in [-0.05, 0) is 38.3 Å². The maximum Gasteiger partial charge on any atom is 0.200 e. The van der Waals surface area contributed by atoms with Crippen LogP contribution in [0.25, 0.3) is 0 Å². The monoisotopic (exact) mass is 259 g/mol. The van der Waals surface area contributed by atoms with E-state index in [2.05, 4.69) is 0 Å². The maximum absolute atomic E-state index is 13.2. The van der Waals surface area contributed by atoms with Gasteiger partial charge in [0.1, 0.15) is 0 Å². The van der Waals surface area contributed by atoms with E-state index in [1.807, 2.05) is 0 Å². The zero-order valence-electron chi connectivity index (χ0n) is 10.5. The summed E-state index contributed by atoms with van der Waals surface area (Å²) in [7, 11) is 0. The number of benzene rings is 1. The third kappa shape index (κ3) is 4.58. The molecule has 0 aliphatic rings. The van der Waals surface area contributed by atoms with Crippen LogP contribution < -0.4 is 10.5 Å². The van der Waals surface area contributed by atoms with Crippen molar-refractivity contribution in [3.05, 3.63) is 29.8 Å². The largest absolute Gasteiger partial charge is 0.490 e. The summed E-state index contributed by atoms with van der Waals surface area (Å²) in [6, 6.07) is 3.82. The molecule has 0 aliphatic carbocycles. The minimum atomic E-state index is -0.966. The highest BCUT2D eigenvalue weighted by atomic mass is 19.2. The predicted octanol–water partition coefficient (Wildman–Crippen LogP) is 2.22. The molecule has 0 aliphatic heterocycles. The standard InChI is InChI=1S/C13H19F2NO2/c1-13(17,9-16)7-2-3-8-18-11-6-4-5-10(14)12(11)15/h4-6,17H,2-3,7-9,16H2,1H3. The van der Waals surface area contributed by atoms with Crippen LogP contribution in [0.4, 0.5) is 8.78 Å². The van der Waals surface area contributed by atoms with Crippen LogP contribution in [0.15, 0.2) is 18.2 Å². The van der Waals surface area contributed by atoms with E-state index in [1.54, 1.807) is 6.92 Å². The average molecular weight is 259 g/mol. The Morgan fingerprint density at radius 1 is 1.33 bits per heavy atom. The Balaban J connectivity index is 2.28. The van der Waals surface area contributed by atoms with Crippen LogP contribution >= 0.6 is 0 Å². The lowest BCUT2D eigenvalue weighted by Crippen LogP contribution is -2.33. The molecule has 0 saturated heterocycles. The summed E-state index contributed by atoms with van der Waals surface area (Å²) < 4.78 is 31.2. The van der Waals surface area contributed by atoms with E-state index < -0.39 is 17.2 Å². The summed E-state index contributed by atoms with van der Waals surface area (Å²) in [6.45, 7) is 2.15. The molecule has 1 rings (SSSR count). The molecule has 1 aromatic carbocycles. The van der Waals surface area contributed by atoms with Crippen molar-refractivity contribution >= 4 is 0 Å². The fourth-order valence-electron chi connectivity index (χ4n) is 1.49. The van der Waals surface area contributed by atoms with Gasteiger partial charge in [-0.25, -0.2) is 4.39 Å².